The molecule has 0 aromatic heterocycles. The Morgan fingerprint density at radius 3 is 2.76 bits per heavy atom. The van der Waals surface area contributed by atoms with Crippen LogP contribution >= 0.6 is 11.6 Å². The van der Waals surface area contributed by atoms with E-state index in [1.165, 1.54) is 30.3 Å². The first-order valence-corrected chi connectivity index (χ1v) is 6.22. The Morgan fingerprint density at radius 2 is 2.10 bits per heavy atom. The number of hydrogen-bond donors (Lipinski definition) is 1. The van der Waals surface area contributed by atoms with Crippen molar-refractivity contribution in [1.29, 1.82) is 5.26 Å². The van der Waals surface area contributed by atoms with Gasteiger partial charge in [-0.25, -0.2) is 9.18 Å². The number of rotatable bonds is 4. The van der Waals surface area contributed by atoms with Crippen LogP contribution < -0.4 is 4.74 Å². The molecular formula is C15H9ClFNO3. The zero-order valence-electron chi connectivity index (χ0n) is 10.6. The van der Waals surface area contributed by atoms with Gasteiger partial charge in [0.15, 0.2) is 0 Å². The molecule has 0 bridgehead atoms. The summed E-state index contributed by atoms with van der Waals surface area (Å²) in [4.78, 5) is 11.0. The van der Waals surface area contributed by atoms with Crippen LogP contribution in [0.1, 0.15) is 21.5 Å². The van der Waals surface area contributed by atoms with E-state index in [0.717, 1.165) is 6.07 Å². The van der Waals surface area contributed by atoms with Crippen LogP contribution in [0.4, 0.5) is 4.39 Å². The average Bonchev–Trinajstić information content (AvgIpc) is 2.45. The smallest absolute Gasteiger partial charge is 0.337 e. The van der Waals surface area contributed by atoms with E-state index in [9.17, 15) is 9.18 Å². The molecule has 0 aliphatic heterocycles. The summed E-state index contributed by atoms with van der Waals surface area (Å²) in [5.74, 6) is -1.41. The van der Waals surface area contributed by atoms with Gasteiger partial charge in [-0.2, -0.15) is 5.26 Å². The maximum Gasteiger partial charge on any atom is 0.337 e. The Balaban J connectivity index is 2.17. The second kappa shape index (κ2) is 6.25. The molecule has 0 saturated carbocycles. The number of carboxylic acid groups (broad SMARTS) is 1. The number of carboxylic acids is 1. The molecule has 106 valence electrons. The normalized spacial score (nSPS) is 9.95. The maximum absolute atomic E-state index is 13.3. The lowest BCUT2D eigenvalue weighted by atomic mass is 10.1. The van der Waals surface area contributed by atoms with Crippen LogP contribution in [0.5, 0.6) is 5.75 Å². The van der Waals surface area contributed by atoms with E-state index in [4.69, 9.17) is 26.7 Å². The van der Waals surface area contributed by atoms with Crippen LogP contribution in [0.15, 0.2) is 36.4 Å². The number of aromatic carboxylic acids is 1. The first-order chi connectivity index (χ1) is 9.99. The number of benzene rings is 2. The van der Waals surface area contributed by atoms with E-state index in [2.05, 4.69) is 0 Å². The summed E-state index contributed by atoms with van der Waals surface area (Å²) in [6.07, 6.45) is 0. The van der Waals surface area contributed by atoms with Gasteiger partial charge < -0.3 is 9.84 Å². The molecular weight excluding hydrogens is 297 g/mol. The van der Waals surface area contributed by atoms with E-state index >= 15 is 0 Å². The highest BCUT2D eigenvalue weighted by Crippen LogP contribution is 2.23. The number of nitrogens with zero attached hydrogens (tertiary/aromatic N) is 1. The molecule has 0 spiro atoms. The molecule has 0 heterocycles. The number of nitriles is 1. The van der Waals surface area contributed by atoms with Crippen molar-refractivity contribution in [2.75, 3.05) is 0 Å². The standard InChI is InChI=1S/C15H9ClFNO3/c16-14-2-1-12(6-13(14)15(19)20)21-8-10-3-9(7-18)4-11(17)5-10/h1-6H,8H2,(H,19,20). The highest BCUT2D eigenvalue weighted by atomic mass is 35.5. The molecule has 0 atom stereocenters. The SMILES string of the molecule is N#Cc1cc(F)cc(COc2ccc(Cl)c(C(=O)O)c2)c1. The summed E-state index contributed by atoms with van der Waals surface area (Å²) >= 11 is 5.75. The number of carbonyl (C=O) groups is 1. The Morgan fingerprint density at radius 1 is 1.33 bits per heavy atom. The second-order valence-corrected chi connectivity index (χ2v) is 4.60. The van der Waals surface area contributed by atoms with Gasteiger partial charge in [0.25, 0.3) is 0 Å². The molecule has 2 aromatic carbocycles. The van der Waals surface area contributed by atoms with Crippen LogP contribution in [-0.2, 0) is 6.61 Å². The molecule has 0 radical (unpaired) electrons. The highest BCUT2D eigenvalue weighted by molar-refractivity contribution is 6.33. The molecule has 6 heteroatoms. The molecule has 21 heavy (non-hydrogen) atoms. The van der Waals surface area contributed by atoms with Crippen molar-refractivity contribution < 1.29 is 19.0 Å². The minimum Gasteiger partial charge on any atom is -0.489 e. The summed E-state index contributed by atoms with van der Waals surface area (Å²) in [7, 11) is 0. The van der Waals surface area contributed by atoms with E-state index in [1.54, 1.807) is 0 Å². The minimum atomic E-state index is -1.16. The van der Waals surface area contributed by atoms with Crippen molar-refractivity contribution in [3.63, 3.8) is 0 Å². The first kappa shape index (κ1) is 14.8. The molecule has 0 amide bonds. The van der Waals surface area contributed by atoms with Crippen molar-refractivity contribution >= 4 is 17.6 Å². The van der Waals surface area contributed by atoms with Crippen LogP contribution in [0.25, 0.3) is 0 Å². The maximum atomic E-state index is 13.3. The third-order valence-corrected chi connectivity index (χ3v) is 2.99. The number of ether oxygens (including phenoxy) is 1. The quantitative estimate of drug-likeness (QED) is 0.936. The van der Waals surface area contributed by atoms with Crippen molar-refractivity contribution in [3.8, 4) is 11.8 Å². The lowest BCUT2D eigenvalue weighted by Gasteiger charge is -2.08. The molecule has 0 aliphatic carbocycles. The predicted octanol–water partition coefficient (Wildman–Crippen LogP) is 3.63. The molecule has 2 rings (SSSR count). The van der Waals surface area contributed by atoms with Gasteiger partial charge in [-0.15, -0.1) is 0 Å². The fraction of sp³-hybridized carbons (Fsp3) is 0.0667. The van der Waals surface area contributed by atoms with Gasteiger partial charge in [-0.05, 0) is 42.0 Å². The average molecular weight is 306 g/mol. The zero-order valence-corrected chi connectivity index (χ0v) is 11.4. The molecule has 2 aromatic rings. The lowest BCUT2D eigenvalue weighted by molar-refractivity contribution is 0.0696. The van der Waals surface area contributed by atoms with E-state index < -0.39 is 11.8 Å². The minimum absolute atomic E-state index is 0.00707. The van der Waals surface area contributed by atoms with E-state index in [1.807, 2.05) is 6.07 Å². The Labute approximate surface area is 125 Å². The first-order valence-electron chi connectivity index (χ1n) is 5.85. The molecule has 0 unspecified atom stereocenters. The van der Waals surface area contributed by atoms with Crippen molar-refractivity contribution in [3.05, 3.63) is 63.9 Å². The highest BCUT2D eigenvalue weighted by Gasteiger charge is 2.10. The predicted molar refractivity (Wildman–Crippen MR) is 73.9 cm³/mol. The van der Waals surface area contributed by atoms with Crippen molar-refractivity contribution in [2.24, 2.45) is 0 Å². The van der Waals surface area contributed by atoms with E-state index in [0.29, 0.717) is 11.3 Å². The topological polar surface area (TPSA) is 70.3 Å². The molecule has 0 fully saturated rings. The number of halogens is 2. The monoisotopic (exact) mass is 305 g/mol. The van der Waals surface area contributed by atoms with Crippen LogP contribution in [0, 0.1) is 17.1 Å². The summed E-state index contributed by atoms with van der Waals surface area (Å²) in [6.45, 7) is 0.00707. The summed E-state index contributed by atoms with van der Waals surface area (Å²) in [5.41, 5.74) is 0.584. The van der Waals surface area contributed by atoms with Crippen LogP contribution in [0.3, 0.4) is 0 Å². The fourth-order valence-corrected chi connectivity index (χ4v) is 1.92. The number of hydrogen-bond acceptors (Lipinski definition) is 3. The van der Waals surface area contributed by atoms with E-state index in [-0.39, 0.29) is 22.8 Å². The summed E-state index contributed by atoms with van der Waals surface area (Å²) < 4.78 is 18.7. The largest absolute Gasteiger partial charge is 0.489 e. The third-order valence-electron chi connectivity index (χ3n) is 2.66. The lowest BCUT2D eigenvalue weighted by Crippen LogP contribution is -2.01. The van der Waals surface area contributed by atoms with Gasteiger partial charge in [0.05, 0.1) is 22.2 Å². The van der Waals surface area contributed by atoms with Crippen molar-refractivity contribution in [1.82, 2.24) is 0 Å². The molecule has 4 nitrogen and oxygen atoms in total. The Kier molecular flexibility index (Phi) is 4.41. The van der Waals surface area contributed by atoms with Crippen LogP contribution in [0.2, 0.25) is 5.02 Å². The van der Waals surface area contributed by atoms with Gasteiger partial charge in [0, 0.05) is 0 Å². The molecule has 0 saturated heterocycles. The van der Waals surface area contributed by atoms with Gasteiger partial charge >= 0.3 is 5.97 Å². The Hall–Kier alpha value is -2.58. The zero-order chi connectivity index (χ0) is 15.4. The molecule has 0 aliphatic rings. The second-order valence-electron chi connectivity index (χ2n) is 4.20. The third kappa shape index (κ3) is 3.71. The summed E-state index contributed by atoms with van der Waals surface area (Å²) in [5, 5.41) is 17.8. The fourth-order valence-electron chi connectivity index (χ4n) is 1.72. The molecule has 1 N–H and O–H groups in total. The van der Waals surface area contributed by atoms with Gasteiger partial charge in [0.1, 0.15) is 18.2 Å². The Bertz CT molecular complexity index is 740. The summed E-state index contributed by atoms with van der Waals surface area (Å²) in [6, 6.07) is 9.92. The van der Waals surface area contributed by atoms with Gasteiger partial charge in [-0.1, -0.05) is 11.6 Å². The van der Waals surface area contributed by atoms with Gasteiger partial charge in [0.2, 0.25) is 0 Å². The van der Waals surface area contributed by atoms with Crippen molar-refractivity contribution in [2.45, 2.75) is 6.61 Å². The van der Waals surface area contributed by atoms with Crippen LogP contribution in [-0.4, -0.2) is 11.1 Å². The van der Waals surface area contributed by atoms with Gasteiger partial charge in [-0.3, -0.25) is 0 Å².